The summed E-state index contributed by atoms with van der Waals surface area (Å²) >= 11 is 0. The predicted molar refractivity (Wildman–Crippen MR) is 41.2 cm³/mol. The minimum Gasteiger partial charge on any atom is -0.447 e. The molecule has 1 atom stereocenters. The number of carbonyl (C=O) groups excluding carboxylic acids is 1. The van der Waals surface area contributed by atoms with E-state index in [0.717, 1.165) is 0 Å². The Bertz CT molecular complexity index is 176. The molecule has 0 fully saturated rings. The van der Waals surface area contributed by atoms with Crippen LogP contribution in [0.25, 0.3) is 0 Å². The van der Waals surface area contributed by atoms with Gasteiger partial charge in [0, 0.05) is 6.54 Å². The third kappa shape index (κ3) is 5.50. The number of nitrogens with one attached hydrogen (secondary N) is 1. The Labute approximate surface area is 70.9 Å². The molecule has 0 aliphatic heterocycles. The number of nitrogens with zero attached hydrogens (tertiary/aromatic N) is 1. The molecule has 0 aliphatic rings. The molecule has 0 saturated carbocycles. The van der Waals surface area contributed by atoms with Crippen molar-refractivity contribution in [3.8, 4) is 6.07 Å². The normalized spacial score (nSPS) is 11.4. The lowest BCUT2D eigenvalue weighted by Crippen LogP contribution is -2.29. The van der Waals surface area contributed by atoms with Gasteiger partial charge < -0.3 is 15.2 Å². The van der Waals surface area contributed by atoms with Crippen molar-refractivity contribution < 1.29 is 14.6 Å². The van der Waals surface area contributed by atoms with Gasteiger partial charge in [0.1, 0.15) is 6.61 Å². The Kier molecular flexibility index (Phi) is 5.75. The van der Waals surface area contributed by atoms with E-state index in [1.807, 2.05) is 6.07 Å². The monoisotopic (exact) mass is 172 g/mol. The minimum atomic E-state index is -0.605. The number of carbonyl (C=O) groups is 1. The number of hydrogen-bond donors (Lipinski definition) is 2. The molecule has 12 heavy (non-hydrogen) atoms. The van der Waals surface area contributed by atoms with E-state index < -0.39 is 6.09 Å². The smallest absolute Gasteiger partial charge is 0.407 e. The fraction of sp³-hybridized carbons (Fsp3) is 0.714. The Morgan fingerprint density at radius 2 is 2.50 bits per heavy atom. The molecule has 1 unspecified atom stereocenters. The molecule has 0 aromatic carbocycles. The van der Waals surface area contributed by atoms with Crippen molar-refractivity contribution in [2.75, 3.05) is 19.8 Å². The zero-order valence-corrected chi connectivity index (χ0v) is 6.91. The summed E-state index contributed by atoms with van der Waals surface area (Å²) in [6.07, 6.45) is -0.605. The van der Waals surface area contributed by atoms with Crippen LogP contribution in [0.2, 0.25) is 0 Å². The van der Waals surface area contributed by atoms with Gasteiger partial charge in [-0.2, -0.15) is 5.26 Å². The highest BCUT2D eigenvalue weighted by atomic mass is 16.6. The van der Waals surface area contributed by atoms with Gasteiger partial charge in [-0.05, 0) is 6.92 Å². The highest BCUT2D eigenvalue weighted by molar-refractivity contribution is 5.67. The Hall–Kier alpha value is -1.28. The molecule has 2 N–H and O–H groups in total. The summed E-state index contributed by atoms with van der Waals surface area (Å²) in [5.74, 6) is -0.230. The molecule has 0 radical (unpaired) electrons. The van der Waals surface area contributed by atoms with Gasteiger partial charge in [0.05, 0.1) is 18.6 Å². The van der Waals surface area contributed by atoms with Gasteiger partial charge >= 0.3 is 6.09 Å². The van der Waals surface area contributed by atoms with Crippen molar-refractivity contribution >= 4 is 6.09 Å². The van der Waals surface area contributed by atoms with E-state index in [0.29, 0.717) is 0 Å². The van der Waals surface area contributed by atoms with Crippen molar-refractivity contribution in [2.24, 2.45) is 5.92 Å². The lowest BCUT2D eigenvalue weighted by atomic mass is 10.2. The number of amides is 1. The first-order valence-electron chi connectivity index (χ1n) is 3.61. The Morgan fingerprint density at radius 1 is 1.83 bits per heavy atom. The van der Waals surface area contributed by atoms with Crippen LogP contribution in [0.4, 0.5) is 4.79 Å². The third-order valence-corrected chi connectivity index (χ3v) is 1.10. The largest absolute Gasteiger partial charge is 0.447 e. The van der Waals surface area contributed by atoms with Crippen LogP contribution < -0.4 is 5.32 Å². The minimum absolute atomic E-state index is 0.0211. The number of aliphatic hydroxyl groups excluding tert-OH is 1. The molecule has 0 aliphatic carbocycles. The van der Waals surface area contributed by atoms with Crippen LogP contribution in [0.5, 0.6) is 0 Å². The number of ether oxygens (including phenoxy) is 1. The van der Waals surface area contributed by atoms with Crippen LogP contribution >= 0.6 is 0 Å². The molecule has 0 aromatic rings. The molecule has 0 rings (SSSR count). The number of nitriles is 1. The summed E-state index contributed by atoms with van der Waals surface area (Å²) in [6, 6.07) is 1.96. The summed E-state index contributed by atoms with van der Waals surface area (Å²) < 4.78 is 4.48. The van der Waals surface area contributed by atoms with E-state index in [1.165, 1.54) is 0 Å². The standard InChI is InChI=1S/C7H12N2O3/c1-6(4-8)5-9-7(11)12-3-2-10/h6,10H,2-3,5H2,1H3,(H,9,11). The lowest BCUT2D eigenvalue weighted by Gasteiger charge is -2.05. The lowest BCUT2D eigenvalue weighted by molar-refractivity contribution is 0.118. The Balaban J connectivity index is 3.39. The summed E-state index contributed by atoms with van der Waals surface area (Å²) in [5, 5.41) is 19.0. The van der Waals surface area contributed by atoms with Crippen molar-refractivity contribution in [1.29, 1.82) is 5.26 Å². The second kappa shape index (κ2) is 6.43. The van der Waals surface area contributed by atoms with Crippen molar-refractivity contribution in [3.05, 3.63) is 0 Å². The molecule has 0 saturated heterocycles. The van der Waals surface area contributed by atoms with E-state index in [9.17, 15) is 4.79 Å². The number of aliphatic hydroxyl groups is 1. The summed E-state index contributed by atoms with van der Waals surface area (Å²) in [5.41, 5.74) is 0. The van der Waals surface area contributed by atoms with E-state index >= 15 is 0 Å². The fourth-order valence-corrected chi connectivity index (χ4v) is 0.471. The summed E-state index contributed by atoms with van der Waals surface area (Å²) in [6.45, 7) is 1.74. The van der Waals surface area contributed by atoms with Gasteiger partial charge in [-0.1, -0.05) is 0 Å². The summed E-state index contributed by atoms with van der Waals surface area (Å²) in [7, 11) is 0. The van der Waals surface area contributed by atoms with Crippen LogP contribution in [0.15, 0.2) is 0 Å². The number of rotatable bonds is 4. The maximum absolute atomic E-state index is 10.7. The van der Waals surface area contributed by atoms with Gasteiger partial charge in [-0.25, -0.2) is 4.79 Å². The number of hydrogen-bond acceptors (Lipinski definition) is 4. The molecule has 1 amide bonds. The van der Waals surface area contributed by atoms with Crippen LogP contribution in [0.3, 0.4) is 0 Å². The van der Waals surface area contributed by atoms with Crippen molar-refractivity contribution in [1.82, 2.24) is 5.32 Å². The molecule has 0 bridgehead atoms. The van der Waals surface area contributed by atoms with Crippen LogP contribution in [-0.2, 0) is 4.74 Å². The van der Waals surface area contributed by atoms with E-state index in [4.69, 9.17) is 10.4 Å². The van der Waals surface area contributed by atoms with Crippen LogP contribution in [0, 0.1) is 17.2 Å². The van der Waals surface area contributed by atoms with Crippen LogP contribution in [-0.4, -0.2) is 31.0 Å². The summed E-state index contributed by atoms with van der Waals surface area (Å²) in [4.78, 5) is 10.7. The fourth-order valence-electron chi connectivity index (χ4n) is 0.471. The molecule has 0 spiro atoms. The second-order valence-electron chi connectivity index (χ2n) is 2.27. The highest BCUT2D eigenvalue weighted by Crippen LogP contribution is 1.88. The maximum Gasteiger partial charge on any atom is 0.407 e. The van der Waals surface area contributed by atoms with E-state index in [2.05, 4.69) is 10.1 Å². The maximum atomic E-state index is 10.7. The molecular formula is C7H12N2O3. The second-order valence-corrected chi connectivity index (χ2v) is 2.27. The van der Waals surface area contributed by atoms with Gasteiger partial charge in [-0.3, -0.25) is 0 Å². The first-order chi connectivity index (χ1) is 5.70. The van der Waals surface area contributed by atoms with Gasteiger partial charge in [0.25, 0.3) is 0 Å². The topological polar surface area (TPSA) is 82.4 Å². The molecule has 5 heteroatoms. The van der Waals surface area contributed by atoms with Crippen molar-refractivity contribution in [2.45, 2.75) is 6.92 Å². The van der Waals surface area contributed by atoms with Gasteiger partial charge in [0.2, 0.25) is 0 Å². The average Bonchev–Trinajstić information content (AvgIpc) is 2.10. The van der Waals surface area contributed by atoms with Gasteiger partial charge in [0.15, 0.2) is 0 Å². The zero-order chi connectivity index (χ0) is 9.40. The molecule has 68 valence electrons. The first kappa shape index (κ1) is 10.7. The Morgan fingerprint density at radius 3 is 3.00 bits per heavy atom. The molecule has 0 heterocycles. The zero-order valence-electron chi connectivity index (χ0n) is 6.91. The third-order valence-electron chi connectivity index (χ3n) is 1.10. The molecular weight excluding hydrogens is 160 g/mol. The van der Waals surface area contributed by atoms with E-state index in [1.54, 1.807) is 6.92 Å². The average molecular weight is 172 g/mol. The molecule has 5 nitrogen and oxygen atoms in total. The van der Waals surface area contributed by atoms with Crippen molar-refractivity contribution in [3.63, 3.8) is 0 Å². The highest BCUT2D eigenvalue weighted by Gasteiger charge is 2.03. The molecule has 0 aromatic heterocycles. The quantitative estimate of drug-likeness (QED) is 0.618. The SMILES string of the molecule is CC(C#N)CNC(=O)OCCO. The first-order valence-corrected chi connectivity index (χ1v) is 3.61. The van der Waals surface area contributed by atoms with E-state index in [-0.39, 0.29) is 25.7 Å². The van der Waals surface area contributed by atoms with Gasteiger partial charge in [-0.15, -0.1) is 0 Å². The van der Waals surface area contributed by atoms with Crippen LogP contribution in [0.1, 0.15) is 6.92 Å². The number of alkyl carbamates (subject to hydrolysis) is 1. The predicted octanol–water partition coefficient (Wildman–Crippen LogP) is -0.135.